The minimum Gasteiger partial charge on any atom is -0.480 e. The molecular formula is C21H34ClN5O3S. The number of hydrogen-bond acceptors (Lipinski definition) is 7. The van der Waals surface area contributed by atoms with Gasteiger partial charge in [0.1, 0.15) is 11.4 Å². The topological polar surface area (TPSA) is 97.6 Å². The maximum absolute atomic E-state index is 12.6. The Morgan fingerprint density at radius 1 is 1.45 bits per heavy atom. The van der Waals surface area contributed by atoms with Gasteiger partial charge < -0.3 is 20.2 Å². The molecule has 4 aliphatic heterocycles. The van der Waals surface area contributed by atoms with Crippen molar-refractivity contribution >= 4 is 48.1 Å². The van der Waals surface area contributed by atoms with E-state index in [2.05, 4.69) is 27.1 Å². The van der Waals surface area contributed by atoms with Gasteiger partial charge in [-0.3, -0.25) is 14.8 Å². The number of aliphatic carboxylic acids is 1. The number of halogens is 1. The van der Waals surface area contributed by atoms with Crippen molar-refractivity contribution in [2.45, 2.75) is 74.7 Å². The Hall–Kier alpha value is -1.32. The van der Waals surface area contributed by atoms with Crippen molar-refractivity contribution < 1.29 is 14.7 Å². The number of nitrogens with one attached hydrogen (secondary N) is 1. The van der Waals surface area contributed by atoms with E-state index in [9.17, 15) is 14.7 Å². The van der Waals surface area contributed by atoms with Crippen LogP contribution in [0, 0.1) is 5.92 Å². The number of carbonyl (C=O) groups excluding carboxylic acids is 1. The lowest BCUT2D eigenvalue weighted by Crippen LogP contribution is -2.65. The molecule has 31 heavy (non-hydrogen) atoms. The number of fused-ring (bicyclic) bond motifs is 1. The van der Waals surface area contributed by atoms with Crippen LogP contribution in [0.1, 0.15) is 46.5 Å². The molecule has 0 aromatic heterocycles. The number of carbonyl (C=O) groups is 2. The molecule has 0 spiro atoms. The number of nitrogens with zero attached hydrogens (tertiary/aromatic N) is 4. The normalized spacial score (nSPS) is 34.4. The quantitative estimate of drug-likeness (QED) is 0.434. The van der Waals surface area contributed by atoms with Gasteiger partial charge in [-0.15, -0.1) is 24.2 Å². The molecule has 4 heterocycles. The van der Waals surface area contributed by atoms with Crippen molar-refractivity contribution in [3.63, 3.8) is 0 Å². The van der Waals surface area contributed by atoms with Crippen LogP contribution in [0.2, 0.25) is 0 Å². The molecule has 0 bridgehead atoms. The number of hydrogen-bond donors (Lipinski definition) is 2. The average molecular weight is 472 g/mol. The van der Waals surface area contributed by atoms with Crippen LogP contribution in [0.5, 0.6) is 0 Å². The first-order valence-corrected chi connectivity index (χ1v) is 12.0. The highest BCUT2D eigenvalue weighted by Crippen LogP contribution is 2.51. The highest BCUT2D eigenvalue weighted by molar-refractivity contribution is 8.01. The summed E-state index contributed by atoms with van der Waals surface area (Å²) in [5.74, 6) is 0.800. The molecule has 0 aromatic carbocycles. The van der Waals surface area contributed by atoms with E-state index in [1.807, 2.05) is 20.1 Å². The number of amides is 1. The summed E-state index contributed by atoms with van der Waals surface area (Å²) in [6, 6.07) is -1.05. The molecule has 3 saturated heterocycles. The second-order valence-corrected chi connectivity index (χ2v) is 11.0. The van der Waals surface area contributed by atoms with Gasteiger partial charge in [0, 0.05) is 36.5 Å². The van der Waals surface area contributed by atoms with Gasteiger partial charge in [-0.2, -0.15) is 0 Å². The third-order valence-corrected chi connectivity index (χ3v) is 8.36. The number of likely N-dealkylation sites (N-methyl/N-ethyl adjacent to an activating group) is 1. The molecule has 3 fully saturated rings. The second kappa shape index (κ2) is 9.67. The van der Waals surface area contributed by atoms with Crippen molar-refractivity contribution in [1.82, 2.24) is 15.1 Å². The van der Waals surface area contributed by atoms with Crippen LogP contribution in [0.15, 0.2) is 9.98 Å². The molecule has 2 N–H and O–H groups in total. The Balaban J connectivity index is 0.00000272. The van der Waals surface area contributed by atoms with Crippen molar-refractivity contribution in [2.75, 3.05) is 26.2 Å². The van der Waals surface area contributed by atoms with Crippen LogP contribution in [0.3, 0.4) is 0 Å². The second-order valence-electron chi connectivity index (χ2n) is 9.21. The van der Waals surface area contributed by atoms with E-state index < -0.39 is 22.8 Å². The zero-order valence-corrected chi connectivity index (χ0v) is 20.1. The van der Waals surface area contributed by atoms with Crippen molar-refractivity contribution in [3.05, 3.63) is 0 Å². The minimum atomic E-state index is -0.934. The standard InChI is InChI=1S/C21H33N5O3S.ClH/c1-4-25-10-9-23-15(25)6-5-13-7-8-22-14(11-13)12-24-16-18(27)26-17(20(28)29)21(2,3)30-19(16)26;/h12-14,16-17,19,22H,4-11H2,1-3H3,(H,28,29);1H/t13?,14?,16-,17+,19-;/m1./s1. The van der Waals surface area contributed by atoms with Crippen LogP contribution >= 0.6 is 24.2 Å². The summed E-state index contributed by atoms with van der Waals surface area (Å²) in [5.41, 5.74) is 0. The van der Waals surface area contributed by atoms with Crippen molar-refractivity contribution in [1.29, 1.82) is 0 Å². The first-order valence-electron chi connectivity index (χ1n) is 11.1. The first-order chi connectivity index (χ1) is 14.3. The van der Waals surface area contributed by atoms with E-state index in [0.717, 1.165) is 51.9 Å². The first kappa shape index (κ1) is 24.3. The van der Waals surface area contributed by atoms with Crippen LogP contribution in [-0.4, -0.2) is 93.3 Å². The smallest absolute Gasteiger partial charge is 0.327 e. The van der Waals surface area contributed by atoms with Gasteiger partial charge in [-0.1, -0.05) is 0 Å². The minimum absolute atomic E-state index is 0. The third-order valence-electron chi connectivity index (χ3n) is 6.81. The predicted octanol–water partition coefficient (Wildman–Crippen LogP) is 1.88. The highest BCUT2D eigenvalue weighted by Gasteiger charge is 2.63. The fraction of sp³-hybridized carbons (Fsp3) is 0.810. The molecule has 1 amide bonds. The zero-order chi connectivity index (χ0) is 21.5. The summed E-state index contributed by atoms with van der Waals surface area (Å²) < 4.78 is -0.500. The predicted molar refractivity (Wildman–Crippen MR) is 127 cm³/mol. The summed E-state index contributed by atoms with van der Waals surface area (Å²) in [4.78, 5) is 37.4. The van der Waals surface area contributed by atoms with Gasteiger partial charge in [-0.05, 0) is 52.5 Å². The van der Waals surface area contributed by atoms with E-state index in [0.29, 0.717) is 5.92 Å². The Kier molecular flexibility index (Phi) is 7.58. The number of amidine groups is 1. The number of β-lactam (4-membered cyclic amide) rings is 1. The van der Waals surface area contributed by atoms with E-state index >= 15 is 0 Å². The molecule has 0 aliphatic carbocycles. The van der Waals surface area contributed by atoms with Crippen LogP contribution in [0.25, 0.3) is 0 Å². The fourth-order valence-corrected chi connectivity index (χ4v) is 6.80. The molecular weight excluding hydrogens is 438 g/mol. The molecule has 174 valence electrons. The van der Waals surface area contributed by atoms with Gasteiger partial charge in [0.05, 0.1) is 12.4 Å². The van der Waals surface area contributed by atoms with Crippen molar-refractivity contribution in [2.24, 2.45) is 15.9 Å². The van der Waals surface area contributed by atoms with Crippen LogP contribution in [-0.2, 0) is 9.59 Å². The largest absolute Gasteiger partial charge is 0.480 e. The maximum atomic E-state index is 12.6. The molecule has 2 unspecified atom stereocenters. The molecule has 10 heteroatoms. The Labute approximate surface area is 194 Å². The Morgan fingerprint density at radius 2 is 2.23 bits per heavy atom. The number of carboxylic acids is 1. The summed E-state index contributed by atoms with van der Waals surface area (Å²) >= 11 is 1.55. The number of aliphatic imine (C=N–C) groups is 2. The zero-order valence-electron chi connectivity index (χ0n) is 18.5. The van der Waals surface area contributed by atoms with Gasteiger partial charge in [-0.25, -0.2) is 4.79 Å². The van der Waals surface area contributed by atoms with Gasteiger partial charge in [0.15, 0.2) is 6.04 Å². The molecule has 8 nitrogen and oxygen atoms in total. The molecule has 0 aromatic rings. The van der Waals surface area contributed by atoms with Gasteiger partial charge in [0.25, 0.3) is 5.91 Å². The highest BCUT2D eigenvalue weighted by atomic mass is 35.5. The lowest BCUT2D eigenvalue weighted by molar-refractivity contribution is -0.158. The Bertz CT molecular complexity index is 761. The summed E-state index contributed by atoms with van der Waals surface area (Å²) in [7, 11) is 0. The Morgan fingerprint density at radius 3 is 2.94 bits per heavy atom. The molecule has 4 aliphatic rings. The van der Waals surface area contributed by atoms with Crippen molar-refractivity contribution in [3.8, 4) is 0 Å². The summed E-state index contributed by atoms with van der Waals surface area (Å²) in [5, 5.41) is 12.9. The number of thioether (sulfide) groups is 1. The summed E-state index contributed by atoms with van der Waals surface area (Å²) in [6.07, 6.45) is 6.27. The number of piperidine rings is 1. The fourth-order valence-electron chi connectivity index (χ4n) is 5.18. The maximum Gasteiger partial charge on any atom is 0.327 e. The molecule has 5 atom stereocenters. The lowest BCUT2D eigenvalue weighted by atomic mass is 9.88. The van der Waals surface area contributed by atoms with Gasteiger partial charge >= 0.3 is 5.97 Å². The molecule has 0 saturated carbocycles. The number of carboxylic acid groups (broad SMARTS) is 1. The van der Waals surface area contributed by atoms with E-state index in [-0.39, 0.29) is 29.7 Å². The van der Waals surface area contributed by atoms with Gasteiger partial charge in [0.2, 0.25) is 0 Å². The lowest BCUT2D eigenvalue weighted by Gasteiger charge is -2.41. The average Bonchev–Trinajstić information content (AvgIpc) is 3.26. The monoisotopic (exact) mass is 471 g/mol. The van der Waals surface area contributed by atoms with Crippen LogP contribution < -0.4 is 5.32 Å². The molecule has 0 radical (unpaired) electrons. The third kappa shape index (κ3) is 4.73. The summed E-state index contributed by atoms with van der Waals surface area (Å²) in [6.45, 7) is 9.94. The van der Waals surface area contributed by atoms with E-state index in [1.54, 1.807) is 11.8 Å². The van der Waals surface area contributed by atoms with E-state index in [1.165, 1.54) is 10.7 Å². The SMILES string of the molecule is CCN1CCN=C1CCC1CCNC(C=N[C@@H]2C(=O)N3[C@@H]2SC(C)(C)[C@@H]3C(=O)O)C1.Cl. The van der Waals surface area contributed by atoms with Crippen LogP contribution in [0.4, 0.5) is 0 Å². The molecule has 4 rings (SSSR count). The number of rotatable bonds is 7. The van der Waals surface area contributed by atoms with E-state index in [4.69, 9.17) is 0 Å².